The van der Waals surface area contributed by atoms with E-state index in [2.05, 4.69) is 41.0 Å². The summed E-state index contributed by atoms with van der Waals surface area (Å²) < 4.78 is 34.8. The molecule has 37 heavy (non-hydrogen) atoms. The lowest BCUT2D eigenvalue weighted by Gasteiger charge is -2.30. The van der Waals surface area contributed by atoms with Crippen LogP contribution in [0.3, 0.4) is 0 Å². The number of ether oxygens (including phenoxy) is 1. The molecule has 1 saturated heterocycles. The molecule has 2 aliphatic rings. The molecule has 1 fully saturated rings. The molecule has 8 nitrogen and oxygen atoms in total. The van der Waals surface area contributed by atoms with Gasteiger partial charge in [-0.15, -0.1) is 11.8 Å². The van der Waals surface area contributed by atoms with Crippen LogP contribution in [-0.4, -0.2) is 62.8 Å². The highest BCUT2D eigenvalue weighted by molar-refractivity contribution is 7.98. The minimum atomic E-state index is -3.83. The van der Waals surface area contributed by atoms with Crippen molar-refractivity contribution in [3.63, 3.8) is 0 Å². The predicted octanol–water partition coefficient (Wildman–Crippen LogP) is 5.32. The SMILES string of the molecule is CCCCC1CN(c2ccc(N3CCCC3)cc2)c2cc(SC)c(O/C=C/C(=O)O)cc2S(=O)(=O)N1C. The maximum atomic E-state index is 13.9. The quantitative estimate of drug-likeness (QED) is 0.257. The van der Waals surface area contributed by atoms with E-state index in [4.69, 9.17) is 9.84 Å². The Hall–Kier alpha value is -2.69. The van der Waals surface area contributed by atoms with E-state index in [0.29, 0.717) is 18.0 Å². The summed E-state index contributed by atoms with van der Waals surface area (Å²) in [5.74, 6) is -0.841. The van der Waals surface area contributed by atoms with Gasteiger partial charge in [0.05, 0.1) is 22.9 Å². The van der Waals surface area contributed by atoms with Gasteiger partial charge in [0, 0.05) is 50.2 Å². The number of thioether (sulfide) groups is 1. The number of unbranched alkanes of at least 4 members (excludes halogenated alkanes) is 1. The zero-order valence-electron chi connectivity index (χ0n) is 21.6. The highest BCUT2D eigenvalue weighted by Crippen LogP contribution is 2.43. The first-order valence-electron chi connectivity index (χ1n) is 12.6. The molecule has 1 atom stereocenters. The fourth-order valence-corrected chi connectivity index (χ4v) is 7.02. The molecule has 2 aliphatic heterocycles. The Morgan fingerprint density at radius 2 is 1.84 bits per heavy atom. The Labute approximate surface area is 223 Å². The molecular formula is C27H35N3O5S2. The number of fused-ring (bicyclic) bond motifs is 1. The van der Waals surface area contributed by atoms with E-state index in [9.17, 15) is 13.2 Å². The van der Waals surface area contributed by atoms with Gasteiger partial charge in [-0.05, 0) is 55.9 Å². The van der Waals surface area contributed by atoms with Crippen molar-refractivity contribution in [2.24, 2.45) is 0 Å². The van der Waals surface area contributed by atoms with Crippen molar-refractivity contribution >= 4 is 44.8 Å². The summed E-state index contributed by atoms with van der Waals surface area (Å²) in [7, 11) is -2.19. The van der Waals surface area contributed by atoms with E-state index in [1.807, 2.05) is 12.3 Å². The third-order valence-corrected chi connectivity index (χ3v) is 9.73. The lowest BCUT2D eigenvalue weighted by atomic mass is 10.1. The summed E-state index contributed by atoms with van der Waals surface area (Å²) in [5.41, 5.74) is 2.71. The Balaban J connectivity index is 1.82. The molecule has 0 saturated carbocycles. The van der Waals surface area contributed by atoms with Gasteiger partial charge < -0.3 is 19.6 Å². The Kier molecular flexibility index (Phi) is 8.71. The molecule has 2 heterocycles. The Bertz CT molecular complexity index is 1240. The summed E-state index contributed by atoms with van der Waals surface area (Å²) >= 11 is 1.42. The van der Waals surface area contributed by atoms with E-state index in [0.717, 1.165) is 55.3 Å². The number of likely N-dealkylation sites (N-methyl/N-ethyl adjacent to an activating group) is 1. The van der Waals surface area contributed by atoms with Gasteiger partial charge in [0.25, 0.3) is 0 Å². The van der Waals surface area contributed by atoms with Crippen molar-refractivity contribution in [2.75, 3.05) is 42.7 Å². The van der Waals surface area contributed by atoms with Crippen LogP contribution in [0.5, 0.6) is 5.75 Å². The fourth-order valence-electron chi connectivity index (χ4n) is 4.92. The smallest absolute Gasteiger partial charge is 0.331 e. The van der Waals surface area contributed by atoms with E-state index < -0.39 is 16.0 Å². The van der Waals surface area contributed by atoms with Crippen molar-refractivity contribution in [2.45, 2.75) is 54.9 Å². The molecule has 0 amide bonds. The number of nitrogens with zero attached hydrogens (tertiary/aromatic N) is 3. The Morgan fingerprint density at radius 1 is 1.16 bits per heavy atom. The lowest BCUT2D eigenvalue weighted by molar-refractivity contribution is -0.131. The van der Waals surface area contributed by atoms with Gasteiger partial charge in [0.1, 0.15) is 10.6 Å². The molecule has 0 bridgehead atoms. The topological polar surface area (TPSA) is 90.4 Å². The molecule has 10 heteroatoms. The highest BCUT2D eigenvalue weighted by atomic mass is 32.2. The number of hydrogen-bond acceptors (Lipinski definition) is 7. The molecule has 4 rings (SSSR count). The third-order valence-electron chi connectivity index (χ3n) is 7.03. The first kappa shape index (κ1) is 27.3. The fraction of sp³-hybridized carbons (Fsp3) is 0.444. The monoisotopic (exact) mass is 545 g/mol. The van der Waals surface area contributed by atoms with Crippen LogP contribution in [0.15, 0.2) is 58.5 Å². The minimum Gasteiger partial charge on any atom is -0.478 e. The number of sulfonamides is 1. The first-order valence-corrected chi connectivity index (χ1v) is 15.3. The van der Waals surface area contributed by atoms with E-state index in [1.165, 1.54) is 40.7 Å². The second-order valence-corrected chi connectivity index (χ2v) is 12.2. The van der Waals surface area contributed by atoms with Crippen molar-refractivity contribution in [3.05, 3.63) is 48.7 Å². The molecule has 1 unspecified atom stereocenters. The molecule has 0 spiro atoms. The number of aliphatic carboxylic acids is 1. The normalized spacial score (nSPS) is 19.7. The van der Waals surface area contributed by atoms with E-state index >= 15 is 0 Å². The largest absolute Gasteiger partial charge is 0.478 e. The summed E-state index contributed by atoms with van der Waals surface area (Å²) in [4.78, 5) is 16.3. The highest BCUT2D eigenvalue weighted by Gasteiger charge is 2.37. The zero-order chi connectivity index (χ0) is 26.6. The zero-order valence-corrected chi connectivity index (χ0v) is 23.2. The first-order chi connectivity index (χ1) is 17.8. The van der Waals surface area contributed by atoms with Crippen molar-refractivity contribution in [1.29, 1.82) is 0 Å². The molecule has 2 aromatic rings. The number of rotatable bonds is 9. The van der Waals surface area contributed by atoms with Gasteiger partial charge in [-0.2, -0.15) is 4.31 Å². The van der Waals surface area contributed by atoms with Gasteiger partial charge in [-0.3, -0.25) is 0 Å². The van der Waals surface area contributed by atoms with Crippen LogP contribution in [0.4, 0.5) is 17.1 Å². The average molecular weight is 546 g/mol. The van der Waals surface area contributed by atoms with Crippen molar-refractivity contribution < 1.29 is 23.1 Å². The standard InChI is InChI=1S/C27H35N3O5S2/c1-4-5-8-22-19-30(21-11-9-20(10-12-21)29-14-6-7-15-29)23-17-25(36-3)24(35-16-13-27(31)32)18-26(23)37(33,34)28(22)2/h9-13,16-18,22H,4-8,14-15,19H2,1-3H3,(H,31,32)/b16-13+. The third kappa shape index (κ3) is 5.91. The van der Waals surface area contributed by atoms with Gasteiger partial charge in [0.15, 0.2) is 0 Å². The van der Waals surface area contributed by atoms with E-state index in [-0.39, 0.29) is 10.9 Å². The molecule has 200 valence electrons. The van der Waals surface area contributed by atoms with E-state index in [1.54, 1.807) is 7.05 Å². The van der Waals surface area contributed by atoms with Gasteiger partial charge >= 0.3 is 5.97 Å². The summed E-state index contributed by atoms with van der Waals surface area (Å²) in [6.07, 6.45) is 8.89. The van der Waals surface area contributed by atoms with Crippen LogP contribution in [-0.2, 0) is 14.8 Å². The lowest BCUT2D eigenvalue weighted by Crippen LogP contribution is -2.40. The van der Waals surface area contributed by atoms with Crippen LogP contribution < -0.4 is 14.5 Å². The summed E-state index contributed by atoms with van der Waals surface area (Å²) in [5, 5.41) is 8.93. The number of anilines is 3. The van der Waals surface area contributed by atoms with Crippen LogP contribution in [0.25, 0.3) is 0 Å². The van der Waals surface area contributed by atoms with Gasteiger partial charge in [0.2, 0.25) is 10.0 Å². The summed E-state index contributed by atoms with van der Waals surface area (Å²) in [6.45, 7) is 4.75. The Morgan fingerprint density at radius 3 is 2.46 bits per heavy atom. The molecule has 1 N–H and O–H groups in total. The minimum absolute atomic E-state index is 0.147. The molecular weight excluding hydrogens is 510 g/mol. The number of hydrogen-bond donors (Lipinski definition) is 1. The maximum Gasteiger partial charge on any atom is 0.331 e. The second-order valence-electron chi connectivity index (χ2n) is 9.37. The van der Waals surface area contributed by atoms with Crippen molar-refractivity contribution in [1.82, 2.24) is 4.31 Å². The molecule has 0 aliphatic carbocycles. The van der Waals surface area contributed by atoms with Crippen LogP contribution in [0, 0.1) is 0 Å². The van der Waals surface area contributed by atoms with Crippen LogP contribution in [0.2, 0.25) is 0 Å². The molecule has 0 aromatic heterocycles. The molecule has 0 radical (unpaired) electrons. The molecule has 2 aromatic carbocycles. The predicted molar refractivity (Wildman–Crippen MR) is 149 cm³/mol. The number of carbonyl (C=O) groups is 1. The summed E-state index contributed by atoms with van der Waals surface area (Å²) in [6, 6.07) is 11.5. The number of carboxylic acid groups (broad SMARTS) is 1. The van der Waals surface area contributed by atoms with Gasteiger partial charge in [-0.1, -0.05) is 19.8 Å². The van der Waals surface area contributed by atoms with Crippen LogP contribution in [0.1, 0.15) is 39.0 Å². The number of carboxylic acids is 1. The number of benzene rings is 2. The van der Waals surface area contributed by atoms with Gasteiger partial charge in [-0.25, -0.2) is 13.2 Å². The van der Waals surface area contributed by atoms with Crippen molar-refractivity contribution in [3.8, 4) is 5.75 Å². The maximum absolute atomic E-state index is 13.9. The van der Waals surface area contributed by atoms with Crippen LogP contribution >= 0.6 is 11.8 Å². The average Bonchev–Trinajstić information content (AvgIpc) is 3.41. The second kappa shape index (κ2) is 11.8.